The van der Waals surface area contributed by atoms with Crippen LogP contribution in [0.3, 0.4) is 0 Å². The van der Waals surface area contributed by atoms with Crippen LogP contribution in [0.25, 0.3) is 0 Å². The number of hydrogen-bond acceptors (Lipinski definition) is 2. The molecule has 106 valence electrons. The Hall–Kier alpha value is -1.49. The van der Waals surface area contributed by atoms with E-state index in [2.05, 4.69) is 5.32 Å². The lowest BCUT2D eigenvalue weighted by atomic mass is 9.87. The van der Waals surface area contributed by atoms with Gasteiger partial charge in [0.05, 0.1) is 5.56 Å². The molecule has 0 spiro atoms. The highest BCUT2D eigenvalue weighted by molar-refractivity contribution is 5.94. The van der Waals surface area contributed by atoms with Crippen LogP contribution in [-0.4, -0.2) is 19.0 Å². The molecule has 0 saturated carbocycles. The molecular formula is C14H20F2N2O. The van der Waals surface area contributed by atoms with E-state index in [0.29, 0.717) is 19.2 Å². The second-order valence-corrected chi connectivity index (χ2v) is 5.36. The Kier molecular flexibility index (Phi) is 5.42. The maximum absolute atomic E-state index is 13.4. The molecule has 0 atom stereocenters. The van der Waals surface area contributed by atoms with Crippen LogP contribution in [0.15, 0.2) is 18.2 Å². The van der Waals surface area contributed by atoms with Gasteiger partial charge in [-0.15, -0.1) is 0 Å². The van der Waals surface area contributed by atoms with Gasteiger partial charge in [0.15, 0.2) is 0 Å². The minimum Gasteiger partial charge on any atom is -0.351 e. The number of benzene rings is 1. The largest absolute Gasteiger partial charge is 0.351 e. The zero-order chi connectivity index (χ0) is 14.5. The van der Waals surface area contributed by atoms with E-state index in [1.165, 1.54) is 0 Å². The number of nitrogens with two attached hydrogens (primary N) is 1. The second kappa shape index (κ2) is 6.61. The quantitative estimate of drug-likeness (QED) is 0.834. The van der Waals surface area contributed by atoms with Crippen molar-refractivity contribution in [2.45, 2.75) is 26.7 Å². The monoisotopic (exact) mass is 270 g/mol. The van der Waals surface area contributed by atoms with Gasteiger partial charge in [0.2, 0.25) is 0 Å². The molecule has 0 aliphatic carbocycles. The molecule has 5 heteroatoms. The van der Waals surface area contributed by atoms with E-state index in [1.54, 1.807) is 0 Å². The van der Waals surface area contributed by atoms with Crippen LogP contribution in [0, 0.1) is 17.0 Å². The normalized spacial score (nSPS) is 11.4. The fourth-order valence-corrected chi connectivity index (χ4v) is 1.76. The van der Waals surface area contributed by atoms with Crippen LogP contribution in [0.1, 0.15) is 37.0 Å². The number of amides is 1. The standard InChI is InChI=1S/C14H20F2N2O/c1-14(2,6-3-7-17)9-18-13(19)11-5-4-10(15)8-12(11)16/h4-5,8H,3,6-7,9,17H2,1-2H3,(H,18,19). The van der Waals surface area contributed by atoms with Crippen LogP contribution >= 0.6 is 0 Å². The van der Waals surface area contributed by atoms with E-state index in [4.69, 9.17) is 5.73 Å². The van der Waals surface area contributed by atoms with Crippen LogP contribution in [0.4, 0.5) is 8.78 Å². The van der Waals surface area contributed by atoms with Crippen molar-refractivity contribution in [1.82, 2.24) is 5.32 Å². The lowest BCUT2D eigenvalue weighted by molar-refractivity contribution is 0.0930. The highest BCUT2D eigenvalue weighted by atomic mass is 19.1. The van der Waals surface area contributed by atoms with Gasteiger partial charge in [-0.1, -0.05) is 13.8 Å². The molecule has 0 heterocycles. The molecule has 0 bridgehead atoms. The first-order valence-electron chi connectivity index (χ1n) is 6.29. The first-order chi connectivity index (χ1) is 8.85. The van der Waals surface area contributed by atoms with E-state index in [-0.39, 0.29) is 11.0 Å². The zero-order valence-electron chi connectivity index (χ0n) is 11.3. The maximum Gasteiger partial charge on any atom is 0.254 e. The van der Waals surface area contributed by atoms with Crippen molar-refractivity contribution < 1.29 is 13.6 Å². The molecule has 0 unspecified atom stereocenters. The SMILES string of the molecule is CC(C)(CCCN)CNC(=O)c1ccc(F)cc1F. The van der Waals surface area contributed by atoms with Gasteiger partial charge < -0.3 is 11.1 Å². The van der Waals surface area contributed by atoms with Crippen molar-refractivity contribution in [2.75, 3.05) is 13.1 Å². The lowest BCUT2D eigenvalue weighted by Crippen LogP contribution is -2.34. The average Bonchev–Trinajstić information content (AvgIpc) is 2.34. The molecule has 0 radical (unpaired) electrons. The molecule has 0 aliphatic rings. The number of nitrogens with one attached hydrogen (secondary N) is 1. The summed E-state index contributed by atoms with van der Waals surface area (Å²) >= 11 is 0. The van der Waals surface area contributed by atoms with Gasteiger partial charge in [0.25, 0.3) is 5.91 Å². The minimum absolute atomic E-state index is 0.106. The van der Waals surface area contributed by atoms with Crippen LogP contribution in [0.2, 0.25) is 0 Å². The van der Waals surface area contributed by atoms with E-state index in [1.807, 2.05) is 13.8 Å². The summed E-state index contributed by atoms with van der Waals surface area (Å²) in [6.07, 6.45) is 1.74. The van der Waals surface area contributed by atoms with E-state index in [0.717, 1.165) is 25.0 Å². The van der Waals surface area contributed by atoms with Crippen molar-refractivity contribution in [3.05, 3.63) is 35.4 Å². The third-order valence-corrected chi connectivity index (χ3v) is 2.96. The van der Waals surface area contributed by atoms with Crippen LogP contribution in [-0.2, 0) is 0 Å². The summed E-state index contributed by atoms with van der Waals surface area (Å²) in [5.74, 6) is -2.08. The molecule has 1 amide bonds. The molecule has 0 aliphatic heterocycles. The predicted octanol–water partition coefficient (Wildman–Crippen LogP) is 2.46. The van der Waals surface area contributed by atoms with Gasteiger partial charge in [-0.2, -0.15) is 0 Å². The van der Waals surface area contributed by atoms with Gasteiger partial charge >= 0.3 is 0 Å². The predicted molar refractivity (Wildman–Crippen MR) is 70.8 cm³/mol. The van der Waals surface area contributed by atoms with E-state index < -0.39 is 17.5 Å². The number of halogens is 2. The summed E-state index contributed by atoms with van der Waals surface area (Å²) in [6.45, 7) is 5.03. The van der Waals surface area contributed by atoms with E-state index >= 15 is 0 Å². The smallest absolute Gasteiger partial charge is 0.254 e. The molecule has 19 heavy (non-hydrogen) atoms. The molecule has 1 aromatic carbocycles. The van der Waals surface area contributed by atoms with Crippen LogP contribution in [0.5, 0.6) is 0 Å². The Bertz CT molecular complexity index is 447. The summed E-state index contributed by atoms with van der Waals surface area (Å²) in [7, 11) is 0. The van der Waals surface area contributed by atoms with Crippen molar-refractivity contribution >= 4 is 5.91 Å². The summed E-state index contributed by atoms with van der Waals surface area (Å²) in [5, 5.41) is 2.67. The van der Waals surface area contributed by atoms with Crippen molar-refractivity contribution in [1.29, 1.82) is 0 Å². The van der Waals surface area contributed by atoms with Gasteiger partial charge in [-0.3, -0.25) is 4.79 Å². The van der Waals surface area contributed by atoms with Gasteiger partial charge in [0.1, 0.15) is 11.6 Å². The summed E-state index contributed by atoms with van der Waals surface area (Å²) in [4.78, 5) is 11.8. The first-order valence-corrected chi connectivity index (χ1v) is 6.29. The zero-order valence-corrected chi connectivity index (χ0v) is 11.3. The number of hydrogen-bond donors (Lipinski definition) is 2. The number of rotatable bonds is 6. The highest BCUT2D eigenvalue weighted by Crippen LogP contribution is 2.21. The Balaban J connectivity index is 2.60. The lowest BCUT2D eigenvalue weighted by Gasteiger charge is -2.24. The highest BCUT2D eigenvalue weighted by Gasteiger charge is 2.20. The van der Waals surface area contributed by atoms with Gasteiger partial charge in [-0.25, -0.2) is 8.78 Å². The third kappa shape index (κ3) is 4.95. The van der Waals surface area contributed by atoms with E-state index in [9.17, 15) is 13.6 Å². The fraction of sp³-hybridized carbons (Fsp3) is 0.500. The molecule has 0 aromatic heterocycles. The van der Waals surface area contributed by atoms with Crippen molar-refractivity contribution in [3.8, 4) is 0 Å². The number of carbonyl (C=O) groups is 1. The topological polar surface area (TPSA) is 55.1 Å². The Labute approximate surface area is 112 Å². The van der Waals surface area contributed by atoms with Crippen molar-refractivity contribution in [2.24, 2.45) is 11.1 Å². The summed E-state index contributed by atoms with van der Waals surface area (Å²) < 4.78 is 26.1. The maximum atomic E-state index is 13.4. The molecule has 1 aromatic rings. The van der Waals surface area contributed by atoms with Crippen LogP contribution < -0.4 is 11.1 Å². The van der Waals surface area contributed by atoms with Gasteiger partial charge in [-0.05, 0) is 36.9 Å². The summed E-state index contributed by atoms with van der Waals surface area (Å²) in [5.41, 5.74) is 5.20. The van der Waals surface area contributed by atoms with Crippen molar-refractivity contribution in [3.63, 3.8) is 0 Å². The second-order valence-electron chi connectivity index (χ2n) is 5.36. The van der Waals surface area contributed by atoms with Gasteiger partial charge in [0, 0.05) is 12.6 Å². The fourth-order valence-electron chi connectivity index (χ4n) is 1.76. The molecule has 0 fully saturated rings. The number of carbonyl (C=O) groups excluding carboxylic acids is 1. The molecule has 1 rings (SSSR count). The minimum atomic E-state index is -0.850. The third-order valence-electron chi connectivity index (χ3n) is 2.96. The molecule has 0 saturated heterocycles. The Morgan fingerprint density at radius 1 is 1.37 bits per heavy atom. The molecule has 3 N–H and O–H groups in total. The summed E-state index contributed by atoms with van der Waals surface area (Å²) in [6, 6.07) is 2.92. The Morgan fingerprint density at radius 2 is 2.05 bits per heavy atom. The molecular weight excluding hydrogens is 250 g/mol. The Morgan fingerprint density at radius 3 is 2.63 bits per heavy atom. The average molecular weight is 270 g/mol. The first kappa shape index (κ1) is 15.6. The molecule has 3 nitrogen and oxygen atoms in total.